The van der Waals surface area contributed by atoms with Crippen molar-refractivity contribution in [3.63, 3.8) is 0 Å². The van der Waals surface area contributed by atoms with Crippen molar-refractivity contribution in [1.29, 1.82) is 0 Å². The standard InChI is InChI=1S/C24H31N3O5S/c1-15-4-3-5-18(10-15)21(13-27-9-8-19(28)12-27)26-24(30)16(2)17-6-7-22-20(11-17)25-23(29)14-33(22,31)32/h3-7,10-11,16,19,21,28,31-32H,8-9,12-14H2,1-2H3,(H,25,29)(H,26,30)/t16?,19-,21+/m0/s1. The van der Waals surface area contributed by atoms with Gasteiger partial charge in [0.15, 0.2) is 0 Å². The second-order valence-corrected chi connectivity index (χ2v) is 11.1. The van der Waals surface area contributed by atoms with Gasteiger partial charge in [0.05, 0.1) is 28.6 Å². The van der Waals surface area contributed by atoms with Crippen molar-refractivity contribution in [1.82, 2.24) is 10.2 Å². The number of aryl methyl sites for hydroxylation is 1. The van der Waals surface area contributed by atoms with Crippen LogP contribution >= 0.6 is 10.6 Å². The van der Waals surface area contributed by atoms with Gasteiger partial charge in [-0.05, 0) is 43.5 Å². The van der Waals surface area contributed by atoms with E-state index >= 15 is 0 Å². The van der Waals surface area contributed by atoms with E-state index in [0.29, 0.717) is 29.2 Å². The molecule has 1 fully saturated rings. The number of fused-ring (bicyclic) bond motifs is 1. The van der Waals surface area contributed by atoms with Crippen LogP contribution in [0.1, 0.15) is 42.0 Å². The molecule has 4 rings (SSSR count). The molecule has 0 saturated carbocycles. The van der Waals surface area contributed by atoms with E-state index in [1.807, 2.05) is 25.1 Å². The molecule has 0 aliphatic carbocycles. The smallest absolute Gasteiger partial charge is 0.244 e. The minimum absolute atomic E-state index is 0.171. The summed E-state index contributed by atoms with van der Waals surface area (Å²) >= 11 is 0. The Bertz CT molecular complexity index is 1060. The van der Waals surface area contributed by atoms with Gasteiger partial charge in [-0.3, -0.25) is 23.6 Å². The van der Waals surface area contributed by atoms with Crippen molar-refractivity contribution < 1.29 is 23.8 Å². The number of rotatable bonds is 6. The van der Waals surface area contributed by atoms with E-state index in [9.17, 15) is 23.8 Å². The number of carbonyl (C=O) groups is 2. The number of benzene rings is 2. The summed E-state index contributed by atoms with van der Waals surface area (Å²) in [6, 6.07) is 12.7. The largest absolute Gasteiger partial charge is 0.392 e. The first kappa shape index (κ1) is 23.7. The average Bonchev–Trinajstić information content (AvgIpc) is 3.16. The van der Waals surface area contributed by atoms with Crippen LogP contribution in [-0.4, -0.2) is 62.4 Å². The molecule has 1 unspecified atom stereocenters. The quantitative estimate of drug-likeness (QED) is 0.440. The number of amides is 2. The van der Waals surface area contributed by atoms with E-state index in [0.717, 1.165) is 24.1 Å². The van der Waals surface area contributed by atoms with Gasteiger partial charge >= 0.3 is 0 Å². The highest BCUT2D eigenvalue weighted by Gasteiger charge is 2.31. The van der Waals surface area contributed by atoms with Gasteiger partial charge in [0.2, 0.25) is 11.8 Å². The number of nitrogens with zero attached hydrogens (tertiary/aromatic N) is 1. The fourth-order valence-electron chi connectivity index (χ4n) is 4.45. The van der Waals surface area contributed by atoms with Gasteiger partial charge in [0.1, 0.15) is 5.75 Å². The van der Waals surface area contributed by atoms with E-state index in [-0.39, 0.29) is 23.8 Å². The van der Waals surface area contributed by atoms with Crippen LogP contribution in [0.2, 0.25) is 0 Å². The third-order valence-electron chi connectivity index (χ3n) is 6.30. The lowest BCUT2D eigenvalue weighted by Crippen LogP contribution is -2.39. The Hall–Kier alpha value is -2.43. The Morgan fingerprint density at radius 1 is 1.24 bits per heavy atom. The Balaban J connectivity index is 1.54. The first-order valence-corrected chi connectivity index (χ1v) is 12.8. The van der Waals surface area contributed by atoms with Crippen LogP contribution in [0.15, 0.2) is 47.4 Å². The highest BCUT2D eigenvalue weighted by Crippen LogP contribution is 2.54. The van der Waals surface area contributed by atoms with Gasteiger partial charge in [0.25, 0.3) is 0 Å². The van der Waals surface area contributed by atoms with Crippen LogP contribution < -0.4 is 10.6 Å². The Labute approximate surface area is 195 Å². The predicted molar refractivity (Wildman–Crippen MR) is 129 cm³/mol. The second-order valence-electron chi connectivity index (χ2n) is 9.01. The Morgan fingerprint density at radius 3 is 2.73 bits per heavy atom. The van der Waals surface area contributed by atoms with E-state index in [2.05, 4.69) is 21.6 Å². The first-order chi connectivity index (χ1) is 15.6. The van der Waals surface area contributed by atoms with E-state index in [1.165, 1.54) is 0 Å². The highest BCUT2D eigenvalue weighted by atomic mass is 32.3. The lowest BCUT2D eigenvalue weighted by atomic mass is 9.97. The minimum Gasteiger partial charge on any atom is -0.392 e. The second kappa shape index (κ2) is 9.44. The molecular formula is C24H31N3O5S. The normalized spacial score (nSPS) is 22.7. The fraction of sp³-hybridized carbons (Fsp3) is 0.417. The lowest BCUT2D eigenvalue weighted by Gasteiger charge is -2.37. The average molecular weight is 474 g/mol. The van der Waals surface area contributed by atoms with Crippen molar-refractivity contribution in [2.24, 2.45) is 0 Å². The number of nitrogens with one attached hydrogen (secondary N) is 2. The Kier molecular flexibility index (Phi) is 6.78. The van der Waals surface area contributed by atoms with Crippen molar-refractivity contribution in [3.05, 3.63) is 59.2 Å². The van der Waals surface area contributed by atoms with E-state index in [4.69, 9.17) is 0 Å². The van der Waals surface area contributed by atoms with Crippen molar-refractivity contribution in [2.45, 2.75) is 43.2 Å². The summed E-state index contributed by atoms with van der Waals surface area (Å²) < 4.78 is 20.5. The van der Waals surface area contributed by atoms with Crippen molar-refractivity contribution in [2.75, 3.05) is 30.7 Å². The zero-order valence-corrected chi connectivity index (χ0v) is 19.6. The summed E-state index contributed by atoms with van der Waals surface area (Å²) in [6.07, 6.45) is 0.390. The summed E-state index contributed by atoms with van der Waals surface area (Å²) in [6.45, 7) is 5.76. The predicted octanol–water partition coefficient (Wildman–Crippen LogP) is 3.08. The molecular weight excluding hydrogens is 442 g/mol. The van der Waals surface area contributed by atoms with Crippen LogP contribution in [0.4, 0.5) is 5.69 Å². The summed E-state index contributed by atoms with van der Waals surface area (Å²) in [4.78, 5) is 27.6. The van der Waals surface area contributed by atoms with Crippen LogP contribution in [-0.2, 0) is 9.59 Å². The van der Waals surface area contributed by atoms with Crippen LogP contribution in [0.5, 0.6) is 0 Å². The summed E-state index contributed by atoms with van der Waals surface area (Å²) in [7, 11) is -3.17. The number of hydrogen-bond acceptors (Lipinski definition) is 6. The third-order valence-corrected chi connectivity index (χ3v) is 8.03. The monoisotopic (exact) mass is 473 g/mol. The summed E-state index contributed by atoms with van der Waals surface area (Å²) in [5, 5.41) is 15.7. The van der Waals surface area contributed by atoms with Crippen LogP contribution in [0, 0.1) is 6.92 Å². The number of hydrogen-bond donors (Lipinski definition) is 5. The summed E-state index contributed by atoms with van der Waals surface area (Å²) in [5.41, 5.74) is 3.11. The molecule has 2 amide bonds. The molecule has 1 saturated heterocycles. The summed E-state index contributed by atoms with van der Waals surface area (Å²) in [5.74, 6) is -1.50. The van der Waals surface area contributed by atoms with Crippen molar-refractivity contribution >= 4 is 28.1 Å². The zero-order chi connectivity index (χ0) is 23.8. The van der Waals surface area contributed by atoms with Gasteiger partial charge in [0, 0.05) is 19.6 Å². The fourth-order valence-corrected chi connectivity index (χ4v) is 5.79. The molecule has 8 nitrogen and oxygen atoms in total. The molecule has 178 valence electrons. The maximum absolute atomic E-state index is 13.3. The molecule has 5 N–H and O–H groups in total. The number of anilines is 1. The Morgan fingerprint density at radius 2 is 2.03 bits per heavy atom. The number of likely N-dealkylation sites (tertiary alicyclic amines) is 1. The molecule has 2 heterocycles. The third kappa shape index (κ3) is 5.39. The molecule has 9 heteroatoms. The van der Waals surface area contributed by atoms with Gasteiger partial charge in [-0.1, -0.05) is 35.9 Å². The molecule has 33 heavy (non-hydrogen) atoms. The van der Waals surface area contributed by atoms with Crippen molar-refractivity contribution in [3.8, 4) is 0 Å². The SMILES string of the molecule is Cc1cccc([C@@H](CN2CC[C@H](O)C2)NC(=O)C(C)c2ccc3c(c2)NC(=O)CS3(O)O)c1. The van der Waals surface area contributed by atoms with E-state index in [1.54, 1.807) is 25.1 Å². The minimum atomic E-state index is -3.17. The number of aliphatic hydroxyl groups excluding tert-OH is 1. The van der Waals surface area contributed by atoms with Gasteiger partial charge in [-0.15, -0.1) is 0 Å². The highest BCUT2D eigenvalue weighted by molar-refractivity contribution is 8.25. The topological polar surface area (TPSA) is 122 Å². The molecule has 2 aromatic rings. The van der Waals surface area contributed by atoms with E-state index < -0.39 is 22.4 Å². The molecule has 0 aromatic heterocycles. The molecule has 0 spiro atoms. The maximum atomic E-state index is 13.3. The molecule has 0 radical (unpaired) electrons. The number of aliphatic hydroxyl groups is 1. The molecule has 2 aliphatic rings. The number of carbonyl (C=O) groups excluding carboxylic acids is 2. The zero-order valence-electron chi connectivity index (χ0n) is 18.8. The number of β-amino-alcohol motifs (C(OH)–C–C–N with tert-alkyl or cyclic N) is 1. The first-order valence-electron chi connectivity index (χ1n) is 11.1. The molecule has 2 aromatic carbocycles. The molecule has 3 atom stereocenters. The lowest BCUT2D eigenvalue weighted by molar-refractivity contribution is -0.123. The maximum Gasteiger partial charge on any atom is 0.244 e. The molecule has 2 aliphatic heterocycles. The van der Waals surface area contributed by atoms with Gasteiger partial charge in [-0.2, -0.15) is 10.6 Å². The van der Waals surface area contributed by atoms with Gasteiger partial charge < -0.3 is 15.7 Å². The van der Waals surface area contributed by atoms with Crippen LogP contribution in [0.25, 0.3) is 0 Å². The molecule has 0 bridgehead atoms. The van der Waals surface area contributed by atoms with Gasteiger partial charge in [-0.25, -0.2) is 0 Å². The van der Waals surface area contributed by atoms with Crippen LogP contribution in [0.3, 0.4) is 0 Å².